The minimum Gasteiger partial charge on any atom is -0.497 e. The fraction of sp³-hybridized carbons (Fsp3) is 0.619. The lowest BCUT2D eigenvalue weighted by molar-refractivity contribution is -0.156. The highest BCUT2D eigenvalue weighted by Crippen LogP contribution is 2.46. The maximum atomic E-state index is 13.3. The summed E-state index contributed by atoms with van der Waals surface area (Å²) in [4.78, 5) is 27.7. The summed E-state index contributed by atoms with van der Waals surface area (Å²) in [7, 11) is 3.28. The monoisotopic (exact) mass is 374 g/mol. The molecule has 148 valence electrons. The van der Waals surface area contributed by atoms with Crippen LogP contribution in [-0.4, -0.2) is 50.1 Å². The second-order valence-electron chi connectivity index (χ2n) is 7.53. The number of benzene rings is 1. The smallest absolute Gasteiger partial charge is 0.228 e. The van der Waals surface area contributed by atoms with Crippen LogP contribution >= 0.6 is 0 Å². The molecule has 0 unspecified atom stereocenters. The summed E-state index contributed by atoms with van der Waals surface area (Å²) >= 11 is 0. The number of hydrogen-bond donors (Lipinski definition) is 1. The SMILES string of the molecule is COCCN1C(=O)CC[C@]2(C(=O)NCc3cccc(OC)c3)CCCC[C@@H]12. The highest BCUT2D eigenvalue weighted by atomic mass is 16.5. The number of nitrogens with one attached hydrogen (secondary N) is 1. The molecule has 1 aromatic rings. The molecule has 0 aromatic heterocycles. The Bertz CT molecular complexity index is 678. The first kappa shape index (κ1) is 19.7. The first-order valence-corrected chi connectivity index (χ1v) is 9.80. The van der Waals surface area contributed by atoms with Gasteiger partial charge in [-0.05, 0) is 37.0 Å². The van der Waals surface area contributed by atoms with Gasteiger partial charge in [-0.3, -0.25) is 9.59 Å². The lowest BCUT2D eigenvalue weighted by Crippen LogP contribution is -2.62. The Balaban J connectivity index is 1.74. The zero-order valence-corrected chi connectivity index (χ0v) is 16.3. The third-order valence-corrected chi connectivity index (χ3v) is 6.05. The number of carbonyl (C=O) groups is 2. The summed E-state index contributed by atoms with van der Waals surface area (Å²) < 4.78 is 10.4. The molecule has 2 fully saturated rings. The summed E-state index contributed by atoms with van der Waals surface area (Å²) in [5.74, 6) is 1.00. The summed E-state index contributed by atoms with van der Waals surface area (Å²) in [6.45, 7) is 1.53. The van der Waals surface area contributed by atoms with E-state index >= 15 is 0 Å². The average Bonchev–Trinajstić information content (AvgIpc) is 2.71. The number of nitrogens with zero attached hydrogens (tertiary/aromatic N) is 1. The van der Waals surface area contributed by atoms with Crippen LogP contribution in [0, 0.1) is 5.41 Å². The topological polar surface area (TPSA) is 67.9 Å². The third kappa shape index (κ3) is 4.10. The minimum atomic E-state index is -0.473. The number of rotatable bonds is 7. The normalized spacial score (nSPS) is 25.0. The van der Waals surface area contributed by atoms with Gasteiger partial charge < -0.3 is 19.7 Å². The van der Waals surface area contributed by atoms with Crippen LogP contribution in [-0.2, 0) is 20.9 Å². The van der Waals surface area contributed by atoms with E-state index in [1.54, 1.807) is 14.2 Å². The Morgan fingerprint density at radius 3 is 2.93 bits per heavy atom. The molecule has 2 amide bonds. The Hall–Kier alpha value is -2.08. The molecule has 2 atom stereocenters. The fourth-order valence-corrected chi connectivity index (χ4v) is 4.60. The van der Waals surface area contributed by atoms with E-state index in [2.05, 4.69) is 5.32 Å². The Morgan fingerprint density at radius 2 is 2.15 bits per heavy atom. The quantitative estimate of drug-likeness (QED) is 0.796. The van der Waals surface area contributed by atoms with Gasteiger partial charge in [0.2, 0.25) is 11.8 Å². The Labute approximate surface area is 161 Å². The van der Waals surface area contributed by atoms with Gasteiger partial charge in [-0.15, -0.1) is 0 Å². The predicted molar refractivity (Wildman–Crippen MR) is 102 cm³/mol. The number of amides is 2. The van der Waals surface area contributed by atoms with E-state index in [0.29, 0.717) is 32.5 Å². The molecule has 1 aliphatic carbocycles. The van der Waals surface area contributed by atoms with Crippen molar-refractivity contribution >= 4 is 11.8 Å². The number of methoxy groups -OCH3 is 2. The molecule has 1 aromatic carbocycles. The van der Waals surface area contributed by atoms with Crippen molar-refractivity contribution in [3.05, 3.63) is 29.8 Å². The van der Waals surface area contributed by atoms with Crippen LogP contribution in [0.15, 0.2) is 24.3 Å². The largest absolute Gasteiger partial charge is 0.497 e. The van der Waals surface area contributed by atoms with E-state index in [1.165, 1.54) is 0 Å². The van der Waals surface area contributed by atoms with E-state index in [-0.39, 0.29) is 17.9 Å². The highest BCUT2D eigenvalue weighted by Gasteiger charge is 2.52. The van der Waals surface area contributed by atoms with Gasteiger partial charge in [-0.2, -0.15) is 0 Å². The summed E-state index contributed by atoms with van der Waals surface area (Å²) in [6.07, 6.45) is 4.92. The molecule has 1 heterocycles. The van der Waals surface area contributed by atoms with Gasteiger partial charge in [0.25, 0.3) is 0 Å². The van der Waals surface area contributed by atoms with Crippen LogP contribution in [0.3, 0.4) is 0 Å². The maximum Gasteiger partial charge on any atom is 0.228 e. The first-order chi connectivity index (χ1) is 13.1. The van der Waals surface area contributed by atoms with E-state index < -0.39 is 5.41 Å². The Morgan fingerprint density at radius 1 is 1.30 bits per heavy atom. The van der Waals surface area contributed by atoms with Gasteiger partial charge in [0.05, 0.1) is 19.1 Å². The van der Waals surface area contributed by atoms with Gasteiger partial charge in [0.15, 0.2) is 0 Å². The highest BCUT2D eigenvalue weighted by molar-refractivity contribution is 5.88. The van der Waals surface area contributed by atoms with Crippen molar-refractivity contribution in [1.29, 1.82) is 0 Å². The van der Waals surface area contributed by atoms with Crippen molar-refractivity contribution in [3.63, 3.8) is 0 Å². The lowest BCUT2D eigenvalue weighted by Gasteiger charge is -2.51. The van der Waals surface area contributed by atoms with Crippen molar-refractivity contribution in [3.8, 4) is 5.75 Å². The predicted octanol–water partition coefficient (Wildman–Crippen LogP) is 2.51. The Kier molecular flexibility index (Phi) is 6.37. The van der Waals surface area contributed by atoms with Crippen LogP contribution in [0.5, 0.6) is 5.75 Å². The van der Waals surface area contributed by atoms with Crippen molar-refractivity contribution in [2.24, 2.45) is 5.41 Å². The summed E-state index contributed by atoms with van der Waals surface area (Å²) in [6, 6.07) is 7.71. The van der Waals surface area contributed by atoms with Crippen molar-refractivity contribution < 1.29 is 19.1 Å². The van der Waals surface area contributed by atoms with Gasteiger partial charge in [0, 0.05) is 32.7 Å². The van der Waals surface area contributed by atoms with Crippen molar-refractivity contribution in [2.45, 2.75) is 51.1 Å². The second kappa shape index (κ2) is 8.74. The van der Waals surface area contributed by atoms with Gasteiger partial charge >= 0.3 is 0 Å². The molecule has 1 N–H and O–H groups in total. The van der Waals surface area contributed by atoms with Crippen LogP contribution < -0.4 is 10.1 Å². The number of fused-ring (bicyclic) bond motifs is 1. The average molecular weight is 374 g/mol. The number of likely N-dealkylation sites (tertiary alicyclic amines) is 1. The van der Waals surface area contributed by atoms with Crippen molar-refractivity contribution in [1.82, 2.24) is 10.2 Å². The van der Waals surface area contributed by atoms with E-state index in [0.717, 1.165) is 37.0 Å². The third-order valence-electron chi connectivity index (χ3n) is 6.05. The molecule has 6 nitrogen and oxygen atoms in total. The lowest BCUT2D eigenvalue weighted by atomic mass is 9.64. The molecular formula is C21H30N2O4. The minimum absolute atomic E-state index is 0.0204. The molecule has 1 saturated heterocycles. The molecule has 0 spiro atoms. The molecule has 27 heavy (non-hydrogen) atoms. The van der Waals surface area contributed by atoms with E-state index in [9.17, 15) is 9.59 Å². The standard InChI is InChI=1S/C21H30N2O4/c1-26-13-12-23-18-8-3-4-10-21(18,11-9-19(23)24)20(25)22-15-16-6-5-7-17(14-16)27-2/h5-7,14,18H,3-4,8-13,15H2,1-2H3,(H,22,25)/t18-,21-/m1/s1. The summed E-state index contributed by atoms with van der Waals surface area (Å²) in [5.41, 5.74) is 0.535. The van der Waals surface area contributed by atoms with Crippen LogP contribution in [0.25, 0.3) is 0 Å². The van der Waals surface area contributed by atoms with Crippen LogP contribution in [0.4, 0.5) is 0 Å². The van der Waals surface area contributed by atoms with Crippen LogP contribution in [0.2, 0.25) is 0 Å². The van der Waals surface area contributed by atoms with Gasteiger partial charge in [-0.25, -0.2) is 0 Å². The van der Waals surface area contributed by atoms with E-state index in [4.69, 9.17) is 9.47 Å². The zero-order valence-electron chi connectivity index (χ0n) is 16.3. The molecule has 0 radical (unpaired) electrons. The second-order valence-corrected chi connectivity index (χ2v) is 7.53. The van der Waals surface area contributed by atoms with Gasteiger partial charge in [0.1, 0.15) is 5.75 Å². The van der Waals surface area contributed by atoms with Crippen molar-refractivity contribution in [2.75, 3.05) is 27.4 Å². The number of carbonyl (C=O) groups excluding carboxylic acids is 2. The number of hydrogen-bond acceptors (Lipinski definition) is 4. The first-order valence-electron chi connectivity index (χ1n) is 9.80. The molecule has 1 aliphatic heterocycles. The molecule has 3 rings (SSSR count). The summed E-state index contributed by atoms with van der Waals surface area (Å²) in [5, 5.41) is 3.14. The molecule has 0 bridgehead atoms. The maximum absolute atomic E-state index is 13.3. The van der Waals surface area contributed by atoms with Crippen LogP contribution in [0.1, 0.15) is 44.1 Å². The number of ether oxygens (including phenoxy) is 2. The molecule has 2 aliphatic rings. The zero-order chi connectivity index (χ0) is 19.3. The molecular weight excluding hydrogens is 344 g/mol. The van der Waals surface area contributed by atoms with Gasteiger partial charge in [-0.1, -0.05) is 25.0 Å². The van der Waals surface area contributed by atoms with E-state index in [1.807, 2.05) is 29.2 Å². The molecule has 6 heteroatoms. The molecule has 1 saturated carbocycles. The fourth-order valence-electron chi connectivity index (χ4n) is 4.60. The number of piperidine rings is 1.